The molecule has 1 saturated heterocycles. The average Bonchev–Trinajstić information content (AvgIpc) is 3.30. The largest absolute Gasteiger partial charge is 0.493 e. The maximum Gasteiger partial charge on any atom is 0.261 e. The van der Waals surface area contributed by atoms with Crippen molar-refractivity contribution in [2.24, 2.45) is 0 Å². The van der Waals surface area contributed by atoms with Crippen LogP contribution < -0.4 is 9.47 Å². The van der Waals surface area contributed by atoms with E-state index in [-0.39, 0.29) is 18.6 Å². The molecule has 1 aromatic carbocycles. The summed E-state index contributed by atoms with van der Waals surface area (Å²) in [5.41, 5.74) is 0.503. The second-order valence-corrected chi connectivity index (χ2v) is 6.56. The number of amides is 1. The summed E-state index contributed by atoms with van der Waals surface area (Å²) >= 11 is 1.68. The Labute approximate surface area is 144 Å². The highest BCUT2D eigenvalue weighted by atomic mass is 32.1. The van der Waals surface area contributed by atoms with Crippen molar-refractivity contribution in [3.8, 4) is 11.5 Å². The third-order valence-electron chi connectivity index (χ3n) is 4.12. The molecule has 6 heteroatoms. The minimum atomic E-state index is -0.0430. The molecule has 1 atom stereocenters. The average molecular weight is 345 g/mol. The van der Waals surface area contributed by atoms with Crippen LogP contribution in [0.15, 0.2) is 35.7 Å². The van der Waals surface area contributed by atoms with Crippen molar-refractivity contribution in [2.45, 2.75) is 18.9 Å². The molecule has 5 nitrogen and oxygen atoms in total. The molecule has 1 aromatic heterocycles. The summed E-state index contributed by atoms with van der Waals surface area (Å²) in [6.45, 7) is 0.713. The van der Waals surface area contributed by atoms with Crippen molar-refractivity contribution in [2.75, 3.05) is 20.3 Å². The minimum absolute atomic E-state index is 0.0348. The molecule has 0 bridgehead atoms. The first kappa shape index (κ1) is 16.5. The van der Waals surface area contributed by atoms with Gasteiger partial charge in [0.25, 0.3) is 5.91 Å². The lowest BCUT2D eigenvalue weighted by molar-refractivity contribution is -0.134. The fourth-order valence-electron chi connectivity index (χ4n) is 2.94. The van der Waals surface area contributed by atoms with Gasteiger partial charge >= 0.3 is 0 Å². The van der Waals surface area contributed by atoms with E-state index in [2.05, 4.69) is 6.07 Å². The maximum absolute atomic E-state index is 12.6. The predicted octanol–water partition coefficient (Wildman–Crippen LogP) is 3.31. The molecular weight excluding hydrogens is 326 g/mol. The Morgan fingerprint density at radius 2 is 2.25 bits per heavy atom. The van der Waals surface area contributed by atoms with E-state index in [1.165, 1.54) is 12.0 Å². The quantitative estimate of drug-likeness (QED) is 0.754. The van der Waals surface area contributed by atoms with Gasteiger partial charge in [0, 0.05) is 17.0 Å². The van der Waals surface area contributed by atoms with E-state index in [0.717, 1.165) is 25.7 Å². The zero-order valence-electron chi connectivity index (χ0n) is 13.4. The Kier molecular flexibility index (Phi) is 5.15. The van der Waals surface area contributed by atoms with Crippen molar-refractivity contribution in [1.82, 2.24) is 4.90 Å². The summed E-state index contributed by atoms with van der Waals surface area (Å²) in [4.78, 5) is 26.5. The van der Waals surface area contributed by atoms with Gasteiger partial charge < -0.3 is 14.4 Å². The van der Waals surface area contributed by atoms with E-state index < -0.39 is 0 Å². The van der Waals surface area contributed by atoms with E-state index in [4.69, 9.17) is 9.47 Å². The number of thiophene rings is 1. The van der Waals surface area contributed by atoms with Crippen LogP contribution in [0.25, 0.3) is 0 Å². The van der Waals surface area contributed by atoms with Crippen LogP contribution in [0.4, 0.5) is 0 Å². The first-order valence-corrected chi connectivity index (χ1v) is 8.70. The number of carbonyl (C=O) groups excluding carboxylic acids is 2. The Hall–Kier alpha value is -2.34. The number of likely N-dealkylation sites (tertiary alicyclic amines) is 1. The third kappa shape index (κ3) is 3.43. The van der Waals surface area contributed by atoms with Gasteiger partial charge in [0.2, 0.25) is 0 Å². The lowest BCUT2D eigenvalue weighted by atomic mass is 10.2. The van der Waals surface area contributed by atoms with Gasteiger partial charge in [-0.15, -0.1) is 11.3 Å². The molecule has 1 unspecified atom stereocenters. The van der Waals surface area contributed by atoms with Crippen LogP contribution in [0.2, 0.25) is 0 Å². The van der Waals surface area contributed by atoms with E-state index in [1.54, 1.807) is 29.5 Å². The number of benzene rings is 1. The van der Waals surface area contributed by atoms with Gasteiger partial charge in [-0.05, 0) is 42.5 Å². The first-order chi connectivity index (χ1) is 11.7. The molecule has 1 aliphatic rings. The number of ether oxygens (including phenoxy) is 2. The molecule has 3 rings (SSSR count). The summed E-state index contributed by atoms with van der Waals surface area (Å²) in [5, 5.41) is 2.03. The van der Waals surface area contributed by atoms with E-state index in [1.807, 2.05) is 16.3 Å². The van der Waals surface area contributed by atoms with Crippen LogP contribution in [0, 0.1) is 0 Å². The molecule has 126 valence electrons. The van der Waals surface area contributed by atoms with Gasteiger partial charge in [-0.3, -0.25) is 9.59 Å². The van der Waals surface area contributed by atoms with Crippen LogP contribution in [-0.4, -0.2) is 37.4 Å². The fourth-order valence-corrected chi connectivity index (χ4v) is 3.81. The number of hydrogen-bond donors (Lipinski definition) is 0. The van der Waals surface area contributed by atoms with Crippen molar-refractivity contribution in [3.05, 3.63) is 46.2 Å². The fraction of sp³-hybridized carbons (Fsp3) is 0.333. The number of methoxy groups -OCH3 is 1. The summed E-state index contributed by atoms with van der Waals surface area (Å²) in [6.07, 6.45) is 2.74. The summed E-state index contributed by atoms with van der Waals surface area (Å²) in [6, 6.07) is 9.12. The number of aldehydes is 1. The highest BCUT2D eigenvalue weighted by Crippen LogP contribution is 2.34. The molecule has 0 radical (unpaired) electrons. The Morgan fingerprint density at radius 1 is 1.38 bits per heavy atom. The van der Waals surface area contributed by atoms with Gasteiger partial charge in [-0.1, -0.05) is 6.07 Å². The summed E-state index contributed by atoms with van der Waals surface area (Å²) in [5.74, 6) is 0.874. The molecule has 2 aromatic rings. The van der Waals surface area contributed by atoms with E-state index >= 15 is 0 Å². The lowest BCUT2D eigenvalue weighted by Gasteiger charge is -2.24. The van der Waals surface area contributed by atoms with Gasteiger partial charge in [-0.25, -0.2) is 0 Å². The van der Waals surface area contributed by atoms with Gasteiger partial charge in [-0.2, -0.15) is 0 Å². The van der Waals surface area contributed by atoms with Gasteiger partial charge in [0.05, 0.1) is 13.2 Å². The zero-order valence-corrected chi connectivity index (χ0v) is 14.3. The zero-order chi connectivity index (χ0) is 16.9. The number of carbonyl (C=O) groups is 2. The Morgan fingerprint density at radius 3 is 2.96 bits per heavy atom. The maximum atomic E-state index is 12.6. The SMILES string of the molecule is COc1cc(C=O)ccc1OCC(=O)N1CCCC1c1cccs1. The van der Waals surface area contributed by atoms with Crippen molar-refractivity contribution in [1.29, 1.82) is 0 Å². The van der Waals surface area contributed by atoms with Crippen LogP contribution in [0.5, 0.6) is 11.5 Å². The van der Waals surface area contributed by atoms with E-state index in [0.29, 0.717) is 17.1 Å². The van der Waals surface area contributed by atoms with Crippen LogP contribution in [-0.2, 0) is 4.79 Å². The molecule has 1 amide bonds. The van der Waals surface area contributed by atoms with Crippen LogP contribution in [0.3, 0.4) is 0 Å². The van der Waals surface area contributed by atoms with Crippen molar-refractivity contribution >= 4 is 23.5 Å². The topological polar surface area (TPSA) is 55.8 Å². The monoisotopic (exact) mass is 345 g/mol. The normalized spacial score (nSPS) is 16.9. The molecule has 1 aliphatic heterocycles. The molecule has 0 aliphatic carbocycles. The van der Waals surface area contributed by atoms with Crippen molar-refractivity contribution < 1.29 is 19.1 Å². The predicted molar refractivity (Wildman–Crippen MR) is 91.9 cm³/mol. The lowest BCUT2D eigenvalue weighted by Crippen LogP contribution is -2.34. The molecule has 0 N–H and O–H groups in total. The standard InChI is InChI=1S/C18H19NO4S/c1-22-16-10-13(11-20)6-7-15(16)23-12-18(21)19-8-2-4-14(19)17-5-3-9-24-17/h3,5-7,9-11,14H,2,4,8,12H2,1H3. The second-order valence-electron chi connectivity index (χ2n) is 5.58. The molecule has 0 saturated carbocycles. The first-order valence-electron chi connectivity index (χ1n) is 7.82. The molecule has 2 heterocycles. The van der Waals surface area contributed by atoms with Crippen LogP contribution in [0.1, 0.15) is 34.1 Å². The van der Waals surface area contributed by atoms with E-state index in [9.17, 15) is 9.59 Å². The molecule has 0 spiro atoms. The van der Waals surface area contributed by atoms with Crippen LogP contribution >= 0.6 is 11.3 Å². The second kappa shape index (κ2) is 7.49. The Bertz CT molecular complexity index is 714. The number of nitrogens with zero attached hydrogens (tertiary/aromatic N) is 1. The smallest absolute Gasteiger partial charge is 0.261 e. The Balaban J connectivity index is 1.66. The number of rotatable bonds is 6. The molecular formula is C18H19NO4S. The highest BCUT2D eigenvalue weighted by molar-refractivity contribution is 7.10. The number of hydrogen-bond acceptors (Lipinski definition) is 5. The minimum Gasteiger partial charge on any atom is -0.493 e. The third-order valence-corrected chi connectivity index (χ3v) is 5.09. The van der Waals surface area contributed by atoms with Gasteiger partial charge in [0.1, 0.15) is 6.29 Å². The summed E-state index contributed by atoms with van der Waals surface area (Å²) in [7, 11) is 1.51. The van der Waals surface area contributed by atoms with Gasteiger partial charge in [0.15, 0.2) is 18.1 Å². The molecule has 24 heavy (non-hydrogen) atoms. The summed E-state index contributed by atoms with van der Waals surface area (Å²) < 4.78 is 10.9. The molecule has 1 fully saturated rings. The van der Waals surface area contributed by atoms with Crippen molar-refractivity contribution in [3.63, 3.8) is 0 Å². The highest BCUT2D eigenvalue weighted by Gasteiger charge is 2.30.